The number of nitrogens with one attached hydrogen (secondary N) is 1. The van der Waals surface area contributed by atoms with Crippen LogP contribution in [0.2, 0.25) is 0 Å². The van der Waals surface area contributed by atoms with Gasteiger partial charge in [-0.05, 0) is 56.7 Å². The maximum Gasteiger partial charge on any atom is 0.228 e. The van der Waals surface area contributed by atoms with Crippen molar-refractivity contribution >= 4 is 11.8 Å². The number of likely N-dealkylation sites (tertiary alicyclic amines) is 1. The Hall–Kier alpha value is -2.82. The van der Waals surface area contributed by atoms with Crippen LogP contribution in [-0.4, -0.2) is 43.0 Å². The Kier molecular flexibility index (Phi) is 7.06. The molecule has 0 aromatic heterocycles. The summed E-state index contributed by atoms with van der Waals surface area (Å²) in [5.41, 5.74) is 2.67. The average molecular weight is 449 g/mol. The summed E-state index contributed by atoms with van der Waals surface area (Å²) >= 11 is 0. The van der Waals surface area contributed by atoms with Crippen molar-refractivity contribution in [1.82, 2.24) is 10.2 Å². The molecule has 0 spiro atoms. The van der Waals surface area contributed by atoms with Gasteiger partial charge in [0, 0.05) is 30.6 Å². The highest BCUT2D eigenvalue weighted by Gasteiger charge is 2.47. The van der Waals surface area contributed by atoms with Gasteiger partial charge in [-0.25, -0.2) is 0 Å². The number of amides is 2. The molecule has 1 saturated carbocycles. The molecule has 2 aromatic carbocycles. The number of ether oxygens (including phenoxy) is 1. The summed E-state index contributed by atoms with van der Waals surface area (Å²) < 4.78 is 5.51. The van der Waals surface area contributed by atoms with Crippen LogP contribution in [0.5, 0.6) is 5.75 Å². The highest BCUT2D eigenvalue weighted by Crippen LogP contribution is 2.38. The monoisotopic (exact) mass is 448 g/mol. The fraction of sp³-hybridized carbons (Fsp3) is 0.500. The van der Waals surface area contributed by atoms with Crippen LogP contribution >= 0.6 is 0 Å². The van der Waals surface area contributed by atoms with Crippen molar-refractivity contribution < 1.29 is 14.3 Å². The quantitative estimate of drug-likeness (QED) is 0.659. The van der Waals surface area contributed by atoms with Crippen molar-refractivity contribution in [3.8, 4) is 16.9 Å². The van der Waals surface area contributed by atoms with Gasteiger partial charge >= 0.3 is 0 Å². The van der Waals surface area contributed by atoms with Crippen molar-refractivity contribution in [2.45, 2.75) is 58.4 Å². The Morgan fingerprint density at radius 3 is 2.45 bits per heavy atom. The number of methoxy groups -OCH3 is 1. The Labute approximate surface area is 197 Å². The van der Waals surface area contributed by atoms with E-state index in [0.717, 1.165) is 48.1 Å². The zero-order chi connectivity index (χ0) is 23.4. The summed E-state index contributed by atoms with van der Waals surface area (Å²) in [5.74, 6) is 1.30. The molecule has 5 nitrogen and oxygen atoms in total. The fourth-order valence-corrected chi connectivity index (χ4v) is 5.39. The molecular formula is C28H36N2O3. The van der Waals surface area contributed by atoms with Crippen LogP contribution in [0.25, 0.3) is 11.1 Å². The lowest BCUT2D eigenvalue weighted by Crippen LogP contribution is -2.47. The maximum atomic E-state index is 13.4. The smallest absolute Gasteiger partial charge is 0.228 e. The Balaban J connectivity index is 1.54. The molecule has 1 saturated heterocycles. The molecule has 33 heavy (non-hydrogen) atoms. The molecule has 2 amide bonds. The summed E-state index contributed by atoms with van der Waals surface area (Å²) in [6.45, 7) is 5.16. The lowest BCUT2D eigenvalue weighted by molar-refractivity contribution is -0.136. The second-order valence-electron chi connectivity index (χ2n) is 9.97. The lowest BCUT2D eigenvalue weighted by atomic mass is 9.79. The van der Waals surface area contributed by atoms with Crippen molar-refractivity contribution in [2.75, 3.05) is 20.2 Å². The van der Waals surface area contributed by atoms with E-state index in [-0.39, 0.29) is 23.8 Å². The zero-order valence-electron chi connectivity index (χ0n) is 20.1. The van der Waals surface area contributed by atoms with Crippen molar-refractivity contribution in [3.63, 3.8) is 0 Å². The molecule has 1 heterocycles. The molecule has 2 fully saturated rings. The molecule has 176 valence electrons. The number of hydrogen-bond donors (Lipinski definition) is 1. The predicted molar refractivity (Wildman–Crippen MR) is 131 cm³/mol. The van der Waals surface area contributed by atoms with Crippen LogP contribution in [0.3, 0.4) is 0 Å². The second kappa shape index (κ2) is 9.98. The molecule has 4 rings (SSSR count). The van der Waals surface area contributed by atoms with Crippen LogP contribution in [0.4, 0.5) is 0 Å². The zero-order valence-corrected chi connectivity index (χ0v) is 20.1. The van der Waals surface area contributed by atoms with Gasteiger partial charge in [0.25, 0.3) is 0 Å². The van der Waals surface area contributed by atoms with Gasteiger partial charge in [-0.1, -0.05) is 55.3 Å². The van der Waals surface area contributed by atoms with Crippen LogP contribution in [-0.2, 0) is 16.0 Å². The van der Waals surface area contributed by atoms with Crippen molar-refractivity contribution in [1.29, 1.82) is 0 Å². The van der Waals surface area contributed by atoms with E-state index in [2.05, 4.69) is 35.6 Å². The summed E-state index contributed by atoms with van der Waals surface area (Å²) in [7, 11) is 1.68. The Bertz CT molecular complexity index is 979. The van der Waals surface area contributed by atoms with Gasteiger partial charge in [-0.15, -0.1) is 0 Å². The minimum atomic E-state index is -0.579. The first-order chi connectivity index (χ1) is 15.9. The first kappa shape index (κ1) is 23.3. The van der Waals surface area contributed by atoms with E-state index in [0.29, 0.717) is 25.9 Å². The first-order valence-electron chi connectivity index (χ1n) is 12.2. The summed E-state index contributed by atoms with van der Waals surface area (Å²) in [6.07, 6.45) is 5.60. The van der Waals surface area contributed by atoms with Gasteiger partial charge in [0.1, 0.15) is 5.75 Å². The fourth-order valence-electron chi connectivity index (χ4n) is 5.39. The molecule has 1 aliphatic carbocycles. The van der Waals surface area contributed by atoms with E-state index in [1.165, 1.54) is 0 Å². The van der Waals surface area contributed by atoms with Gasteiger partial charge in [-0.2, -0.15) is 0 Å². The first-order valence-corrected chi connectivity index (χ1v) is 12.2. The summed E-state index contributed by atoms with van der Waals surface area (Å²) in [4.78, 5) is 28.4. The van der Waals surface area contributed by atoms with E-state index in [9.17, 15) is 9.59 Å². The van der Waals surface area contributed by atoms with Crippen LogP contribution in [0, 0.1) is 11.3 Å². The SMILES string of the molecule is COc1ccccc1-c1ccc(C[C@@]2(C(=O)NC(C)C)CCN(C(=O)C3CCCC3)C2)cc1. The molecule has 1 N–H and O–H groups in total. The third-order valence-electron chi connectivity index (χ3n) is 7.19. The second-order valence-corrected chi connectivity index (χ2v) is 9.97. The molecular weight excluding hydrogens is 412 g/mol. The number of benzene rings is 2. The highest BCUT2D eigenvalue weighted by molar-refractivity contribution is 5.86. The number of carbonyl (C=O) groups excluding carboxylic acids is 2. The predicted octanol–water partition coefficient (Wildman–Crippen LogP) is 4.84. The number of rotatable bonds is 7. The molecule has 0 bridgehead atoms. The number of para-hydroxylation sites is 1. The molecule has 2 aliphatic rings. The number of nitrogens with zero attached hydrogens (tertiary/aromatic N) is 1. The standard InChI is InChI=1S/C28H36N2O3/c1-20(2)29-27(32)28(16-17-30(19-28)26(31)23-8-4-5-9-23)18-21-12-14-22(15-13-21)24-10-6-7-11-25(24)33-3/h6-7,10-15,20,23H,4-5,8-9,16-19H2,1-3H3,(H,29,32)/t28-/m0/s1. The minimum Gasteiger partial charge on any atom is -0.496 e. The normalized spacial score (nSPS) is 20.9. The van der Waals surface area contributed by atoms with E-state index < -0.39 is 5.41 Å². The largest absolute Gasteiger partial charge is 0.496 e. The number of hydrogen-bond acceptors (Lipinski definition) is 3. The molecule has 2 aromatic rings. The van der Waals surface area contributed by atoms with Gasteiger partial charge in [0.05, 0.1) is 12.5 Å². The molecule has 1 aliphatic heterocycles. The minimum absolute atomic E-state index is 0.0630. The average Bonchev–Trinajstić information content (AvgIpc) is 3.50. The van der Waals surface area contributed by atoms with E-state index in [1.54, 1.807) is 7.11 Å². The maximum absolute atomic E-state index is 13.4. The summed E-state index contributed by atoms with van der Waals surface area (Å²) in [6, 6.07) is 16.5. The van der Waals surface area contributed by atoms with Gasteiger partial charge < -0.3 is 15.0 Å². The topological polar surface area (TPSA) is 58.6 Å². The Morgan fingerprint density at radius 2 is 1.79 bits per heavy atom. The van der Waals surface area contributed by atoms with Crippen LogP contribution in [0.1, 0.15) is 51.5 Å². The van der Waals surface area contributed by atoms with E-state index in [1.807, 2.05) is 36.9 Å². The van der Waals surface area contributed by atoms with Gasteiger partial charge in [0.15, 0.2) is 0 Å². The van der Waals surface area contributed by atoms with Crippen LogP contribution in [0.15, 0.2) is 48.5 Å². The molecule has 0 unspecified atom stereocenters. The summed E-state index contributed by atoms with van der Waals surface area (Å²) in [5, 5.41) is 3.13. The highest BCUT2D eigenvalue weighted by atomic mass is 16.5. The molecule has 0 radical (unpaired) electrons. The lowest BCUT2D eigenvalue weighted by Gasteiger charge is -2.30. The Morgan fingerprint density at radius 1 is 1.09 bits per heavy atom. The van der Waals surface area contributed by atoms with Crippen molar-refractivity contribution in [2.24, 2.45) is 11.3 Å². The molecule has 1 atom stereocenters. The number of carbonyl (C=O) groups is 2. The van der Waals surface area contributed by atoms with Gasteiger partial charge in [0.2, 0.25) is 11.8 Å². The third kappa shape index (κ3) is 5.07. The third-order valence-corrected chi connectivity index (χ3v) is 7.19. The van der Waals surface area contributed by atoms with E-state index >= 15 is 0 Å². The van der Waals surface area contributed by atoms with Crippen LogP contribution < -0.4 is 10.1 Å². The van der Waals surface area contributed by atoms with Gasteiger partial charge in [-0.3, -0.25) is 9.59 Å². The molecule has 5 heteroatoms. The van der Waals surface area contributed by atoms with E-state index in [4.69, 9.17) is 4.74 Å². The van der Waals surface area contributed by atoms with Crippen molar-refractivity contribution in [3.05, 3.63) is 54.1 Å².